The zero-order chi connectivity index (χ0) is 41.0. The lowest BCUT2D eigenvalue weighted by Crippen LogP contribution is -2.67. The molecule has 22 atom stereocenters. The monoisotopic (exact) mass is 832 g/mol. The van der Waals surface area contributed by atoms with Gasteiger partial charge in [0, 0.05) is 13.0 Å². The van der Waals surface area contributed by atoms with Crippen molar-refractivity contribution in [3.8, 4) is 0 Å². The number of halogens is 14. The van der Waals surface area contributed by atoms with Gasteiger partial charge in [-0.25, -0.2) is 57.1 Å². The van der Waals surface area contributed by atoms with Gasteiger partial charge in [0.25, 0.3) is 0 Å². The Hall–Kier alpha value is -2.82. The molecule has 54 heavy (non-hydrogen) atoms. The minimum Gasteiger partial charge on any atom is -0.481 e. The highest BCUT2D eigenvalue weighted by Crippen LogP contribution is 2.45. The first-order valence-corrected chi connectivity index (χ1v) is 16.7. The van der Waals surface area contributed by atoms with Gasteiger partial charge in [0.1, 0.15) is 79.5 Å². The number of aliphatic carboxylic acids is 2. The van der Waals surface area contributed by atoms with Crippen LogP contribution in [0.15, 0.2) is 0 Å². The third-order valence-electron chi connectivity index (χ3n) is 10.5. The van der Waals surface area contributed by atoms with Crippen molar-refractivity contribution >= 4 is 35.4 Å². The summed E-state index contributed by atoms with van der Waals surface area (Å²) >= 11 is 5.60. The number of rotatable bonds is 9. The highest BCUT2D eigenvalue weighted by molar-refractivity contribution is 6.21. The Balaban J connectivity index is 1.57. The maximum absolute atomic E-state index is 15.9. The second-order valence-electron chi connectivity index (χ2n) is 13.6. The predicted molar refractivity (Wildman–Crippen MR) is 155 cm³/mol. The SMILES string of the molecule is CNC(=O)C1C(F)C(OC2C(F)C(F)C(OC3C(F)C(F)C(C(=O)O)C(C(=O)NC4C(F)C(C)C(F)C(Cl)C4F)C3F)C(F)C2F)C(F)C(F)C1C(=O)O. The number of carboxylic acid groups (broad SMARTS) is 2. The molecule has 0 radical (unpaired) electrons. The van der Waals surface area contributed by atoms with Crippen LogP contribution in [0.2, 0.25) is 0 Å². The van der Waals surface area contributed by atoms with Crippen LogP contribution in [0, 0.1) is 29.6 Å². The van der Waals surface area contributed by atoms with Gasteiger partial charge in [-0.15, -0.1) is 11.6 Å². The molecule has 10 nitrogen and oxygen atoms in total. The van der Waals surface area contributed by atoms with Gasteiger partial charge in [-0.3, -0.25) is 19.2 Å². The van der Waals surface area contributed by atoms with Gasteiger partial charge in [-0.1, -0.05) is 6.92 Å². The number of ether oxygens (including phenoxy) is 2. The van der Waals surface area contributed by atoms with E-state index in [2.05, 4.69) is 9.47 Å². The summed E-state index contributed by atoms with van der Waals surface area (Å²) in [4.78, 5) is 48.6. The Morgan fingerprint density at radius 1 is 0.481 bits per heavy atom. The molecule has 4 saturated carbocycles. The molecule has 310 valence electrons. The van der Waals surface area contributed by atoms with Crippen LogP contribution in [0.3, 0.4) is 0 Å². The van der Waals surface area contributed by atoms with Crippen molar-refractivity contribution in [2.45, 2.75) is 123 Å². The quantitative estimate of drug-likeness (QED) is 0.205. The average molecular weight is 833 g/mol. The Labute approximate surface area is 301 Å². The second-order valence-corrected chi connectivity index (χ2v) is 14.1. The Bertz CT molecular complexity index is 1370. The molecule has 0 bridgehead atoms. The van der Waals surface area contributed by atoms with Crippen LogP contribution in [-0.2, 0) is 28.7 Å². The molecule has 4 N–H and O–H groups in total. The third-order valence-corrected chi connectivity index (χ3v) is 11.0. The largest absolute Gasteiger partial charge is 0.481 e. The van der Waals surface area contributed by atoms with Crippen LogP contribution in [0.4, 0.5) is 57.1 Å². The summed E-state index contributed by atoms with van der Waals surface area (Å²) in [6.07, 6.45) is -55.5. The first-order chi connectivity index (χ1) is 25.0. The third kappa shape index (κ3) is 7.52. The van der Waals surface area contributed by atoms with Gasteiger partial charge < -0.3 is 30.3 Å². The fraction of sp³-hybridized carbons (Fsp3) is 0.867. The Morgan fingerprint density at radius 2 is 0.815 bits per heavy atom. The Kier molecular flexibility index (Phi) is 13.6. The highest BCUT2D eigenvalue weighted by atomic mass is 35.5. The van der Waals surface area contributed by atoms with Crippen molar-refractivity contribution in [2.24, 2.45) is 29.6 Å². The lowest BCUT2D eigenvalue weighted by molar-refractivity contribution is -0.247. The lowest BCUT2D eigenvalue weighted by atomic mass is 9.73. The van der Waals surface area contributed by atoms with Gasteiger partial charge in [0.05, 0.1) is 23.3 Å². The molecule has 0 spiro atoms. The molecule has 0 heterocycles. The zero-order valence-electron chi connectivity index (χ0n) is 27.5. The molecule has 4 aliphatic carbocycles. The number of carboxylic acids is 2. The summed E-state index contributed by atoms with van der Waals surface area (Å²) in [5.41, 5.74) is 0. The number of alkyl halides is 14. The molecule has 0 saturated heterocycles. The lowest BCUT2D eigenvalue weighted by Gasteiger charge is -2.47. The van der Waals surface area contributed by atoms with E-state index >= 15 is 35.1 Å². The fourth-order valence-corrected chi connectivity index (χ4v) is 7.86. The normalized spacial score (nSPS) is 51.2. The van der Waals surface area contributed by atoms with Crippen LogP contribution >= 0.6 is 11.6 Å². The molecule has 4 fully saturated rings. The highest BCUT2D eigenvalue weighted by Gasteiger charge is 2.64. The van der Waals surface area contributed by atoms with E-state index < -0.39 is 169 Å². The average Bonchev–Trinajstić information content (AvgIpc) is 3.12. The van der Waals surface area contributed by atoms with Gasteiger partial charge >= 0.3 is 11.9 Å². The number of carbonyl (C=O) groups is 4. The summed E-state index contributed by atoms with van der Waals surface area (Å²) in [7, 11) is 0.835. The van der Waals surface area contributed by atoms with Gasteiger partial charge in [-0.2, -0.15) is 0 Å². The van der Waals surface area contributed by atoms with E-state index in [9.17, 15) is 51.3 Å². The minimum atomic E-state index is -3.64. The number of nitrogens with one attached hydrogen (secondary N) is 2. The molecule has 2 amide bonds. The molecular weight excluding hydrogens is 799 g/mol. The molecule has 24 heteroatoms. The molecular formula is C30H34ClF13N2O8. The Morgan fingerprint density at radius 3 is 1.17 bits per heavy atom. The topological polar surface area (TPSA) is 151 Å². The molecule has 4 rings (SSSR count). The van der Waals surface area contributed by atoms with Crippen LogP contribution in [0.5, 0.6) is 0 Å². The van der Waals surface area contributed by atoms with E-state index in [1.807, 2.05) is 0 Å². The molecule has 0 aromatic heterocycles. The van der Waals surface area contributed by atoms with Crippen molar-refractivity contribution in [3.05, 3.63) is 0 Å². The maximum atomic E-state index is 15.9. The predicted octanol–water partition coefficient (Wildman–Crippen LogP) is 3.05. The van der Waals surface area contributed by atoms with E-state index in [1.54, 1.807) is 5.32 Å². The maximum Gasteiger partial charge on any atom is 0.310 e. The minimum absolute atomic E-state index is 0.835. The van der Waals surface area contributed by atoms with Crippen molar-refractivity contribution < 1.29 is 95.9 Å². The number of amides is 2. The zero-order valence-corrected chi connectivity index (χ0v) is 28.2. The van der Waals surface area contributed by atoms with Crippen LogP contribution in [-0.4, -0.2) is 157 Å². The van der Waals surface area contributed by atoms with Gasteiger partial charge in [0.2, 0.25) is 11.8 Å². The van der Waals surface area contributed by atoms with E-state index in [0.717, 1.165) is 14.0 Å². The van der Waals surface area contributed by atoms with Crippen LogP contribution < -0.4 is 10.6 Å². The summed E-state index contributed by atoms with van der Waals surface area (Å²) in [6, 6.07) is -2.41. The van der Waals surface area contributed by atoms with Crippen molar-refractivity contribution in [3.63, 3.8) is 0 Å². The van der Waals surface area contributed by atoms with Crippen molar-refractivity contribution in [2.75, 3.05) is 7.05 Å². The fourth-order valence-electron chi connectivity index (χ4n) is 7.47. The second kappa shape index (κ2) is 16.7. The van der Waals surface area contributed by atoms with E-state index in [-0.39, 0.29) is 0 Å². The van der Waals surface area contributed by atoms with Crippen molar-refractivity contribution in [1.82, 2.24) is 10.6 Å². The number of hydrogen-bond acceptors (Lipinski definition) is 6. The van der Waals surface area contributed by atoms with Crippen LogP contribution in [0.1, 0.15) is 6.92 Å². The number of carbonyl (C=O) groups excluding carboxylic acids is 2. The standard InChI is InChI=1S/C30H34ClF13N2O8/c1-3-9(32)8(31)15(38)22(10(3)33)46-28(48)5-7(30(51)52)12(35)17(40)24(14(5)37)54-26-20(43)18(41)25(19(42)21(26)44)53-23-13(36)4(27(47)45-2)6(29(49)50)11(34)16(23)39/h3-26H,1-2H3,(H,45,47)(H,46,48)(H,49,50)(H,51,52). The summed E-state index contributed by atoms with van der Waals surface area (Å²) in [6.45, 7) is 0.898. The smallest absolute Gasteiger partial charge is 0.310 e. The summed E-state index contributed by atoms with van der Waals surface area (Å²) < 4.78 is 206. The first-order valence-electron chi connectivity index (χ1n) is 16.3. The van der Waals surface area contributed by atoms with Gasteiger partial charge in [-0.05, 0) is 0 Å². The number of hydrogen-bond donors (Lipinski definition) is 4. The molecule has 4 aliphatic rings. The van der Waals surface area contributed by atoms with E-state index in [0.29, 0.717) is 0 Å². The molecule has 0 aromatic carbocycles. The van der Waals surface area contributed by atoms with Gasteiger partial charge in [0.15, 0.2) is 37.0 Å². The van der Waals surface area contributed by atoms with Crippen molar-refractivity contribution in [1.29, 1.82) is 0 Å². The van der Waals surface area contributed by atoms with Crippen LogP contribution in [0.25, 0.3) is 0 Å². The van der Waals surface area contributed by atoms with E-state index in [1.165, 1.54) is 5.32 Å². The summed E-state index contributed by atoms with van der Waals surface area (Å²) in [5.74, 6) is -21.2. The first kappa shape index (κ1) is 43.9. The molecule has 0 aliphatic heterocycles. The molecule has 0 aromatic rings. The van der Waals surface area contributed by atoms with E-state index in [4.69, 9.17) is 11.6 Å². The summed E-state index contributed by atoms with van der Waals surface area (Å²) in [5, 5.41) is 19.9. The molecule has 22 unspecified atom stereocenters.